The minimum absolute atomic E-state index is 0.00375. The van der Waals surface area contributed by atoms with Crippen LogP contribution in [0.3, 0.4) is 0 Å². The largest absolute Gasteiger partial charge is 0.573 e. The highest BCUT2D eigenvalue weighted by atomic mass is 19.4. The molecule has 2 amide bonds. The van der Waals surface area contributed by atoms with E-state index in [0.717, 1.165) is 17.0 Å². The van der Waals surface area contributed by atoms with Crippen LogP contribution in [0, 0.1) is 22.7 Å². The highest BCUT2D eigenvalue weighted by Gasteiger charge is 2.65. The molecule has 0 bridgehead atoms. The number of carbonyl (C=O) groups is 1. The molecule has 4 rings (SSSR count). The van der Waals surface area contributed by atoms with Crippen molar-refractivity contribution in [1.29, 1.82) is 10.5 Å². The monoisotopic (exact) mass is 520 g/mol. The summed E-state index contributed by atoms with van der Waals surface area (Å²) in [7, 11) is 0. The van der Waals surface area contributed by atoms with Crippen LogP contribution in [0.25, 0.3) is 0 Å². The molecule has 38 heavy (non-hydrogen) atoms. The molecule has 1 fully saturated rings. The Morgan fingerprint density at radius 3 is 1.92 bits per heavy atom. The molecule has 7 nitrogen and oxygen atoms in total. The van der Waals surface area contributed by atoms with E-state index >= 15 is 0 Å². The summed E-state index contributed by atoms with van der Waals surface area (Å²) < 4.78 is 43.2. The number of rotatable bonds is 6. The molecule has 1 saturated heterocycles. The van der Waals surface area contributed by atoms with E-state index in [0.29, 0.717) is 23.2 Å². The molecular weight excluding hydrogens is 497 g/mol. The lowest BCUT2D eigenvalue weighted by atomic mass is 9.78. The van der Waals surface area contributed by atoms with Gasteiger partial charge in [0.2, 0.25) is 0 Å². The number of nitriles is 2. The molecule has 194 valence electrons. The Morgan fingerprint density at radius 2 is 1.45 bits per heavy atom. The zero-order chi connectivity index (χ0) is 27.7. The smallest absolute Gasteiger partial charge is 0.406 e. The number of benzene rings is 3. The molecule has 2 atom stereocenters. The number of carbonyl (C=O) groups excluding carboxylic acids is 1. The van der Waals surface area contributed by atoms with Crippen molar-refractivity contribution >= 4 is 17.4 Å². The quantitative estimate of drug-likeness (QED) is 0.418. The Balaban J connectivity index is 1.98. The maximum Gasteiger partial charge on any atom is 0.573 e. The van der Waals surface area contributed by atoms with Crippen molar-refractivity contribution in [1.82, 2.24) is 0 Å². The van der Waals surface area contributed by atoms with Gasteiger partial charge in [-0.3, -0.25) is 9.80 Å². The van der Waals surface area contributed by atoms with Gasteiger partial charge in [-0.2, -0.15) is 10.5 Å². The number of urea groups is 1. The molecule has 1 unspecified atom stereocenters. The van der Waals surface area contributed by atoms with E-state index in [2.05, 4.69) is 4.74 Å². The first kappa shape index (κ1) is 26.5. The van der Waals surface area contributed by atoms with E-state index in [1.807, 2.05) is 19.1 Å². The van der Waals surface area contributed by atoms with Crippen LogP contribution >= 0.6 is 0 Å². The fourth-order valence-corrected chi connectivity index (χ4v) is 5.03. The number of amides is 2. The molecule has 0 radical (unpaired) electrons. The van der Waals surface area contributed by atoms with Crippen LogP contribution in [0.1, 0.15) is 43.4 Å². The summed E-state index contributed by atoms with van der Waals surface area (Å²) in [6.45, 7) is 3.52. The lowest BCUT2D eigenvalue weighted by Crippen LogP contribution is -2.58. The topological polar surface area (TPSA) is 101 Å². The van der Waals surface area contributed by atoms with Crippen LogP contribution in [0.15, 0.2) is 72.8 Å². The third-order valence-electron chi connectivity index (χ3n) is 6.67. The highest BCUT2D eigenvalue weighted by molar-refractivity contribution is 6.09. The first-order valence-corrected chi connectivity index (χ1v) is 11.7. The number of alkyl halides is 3. The van der Waals surface area contributed by atoms with Gasteiger partial charge in [-0.15, -0.1) is 13.2 Å². The molecule has 0 saturated carbocycles. The number of hydrogen-bond acceptors (Lipinski definition) is 5. The third-order valence-corrected chi connectivity index (χ3v) is 6.67. The van der Waals surface area contributed by atoms with Crippen LogP contribution in [-0.4, -0.2) is 23.0 Å². The van der Waals surface area contributed by atoms with Gasteiger partial charge < -0.3 is 9.84 Å². The Morgan fingerprint density at radius 1 is 0.921 bits per heavy atom. The van der Waals surface area contributed by atoms with Crippen molar-refractivity contribution in [3.8, 4) is 17.9 Å². The van der Waals surface area contributed by atoms with Gasteiger partial charge >= 0.3 is 12.4 Å². The van der Waals surface area contributed by atoms with E-state index in [-0.39, 0.29) is 17.7 Å². The van der Waals surface area contributed by atoms with Crippen LogP contribution in [0.2, 0.25) is 0 Å². The normalized spacial score (nSPS) is 21.2. The van der Waals surface area contributed by atoms with Gasteiger partial charge in [0.25, 0.3) is 0 Å². The average molecular weight is 521 g/mol. The summed E-state index contributed by atoms with van der Waals surface area (Å²) in [5, 5.41) is 31.0. The SMILES string of the molecule is CCC[C@@]1(C)N(c2ccc(C#N)cc2)C(=O)N(c2ccc(C#N)cc2)C1(O)c1cccc(OC(F)(F)F)c1. The number of halogens is 3. The predicted octanol–water partition coefficient (Wildman–Crippen LogP) is 6.18. The minimum atomic E-state index is -4.96. The van der Waals surface area contributed by atoms with Crippen molar-refractivity contribution in [2.75, 3.05) is 9.80 Å². The fourth-order valence-electron chi connectivity index (χ4n) is 5.03. The third kappa shape index (κ3) is 4.40. The Bertz CT molecular complexity index is 1430. The van der Waals surface area contributed by atoms with Gasteiger partial charge in [0, 0.05) is 16.9 Å². The second kappa shape index (κ2) is 9.73. The molecule has 0 spiro atoms. The van der Waals surface area contributed by atoms with E-state index in [1.54, 1.807) is 19.1 Å². The molecule has 1 heterocycles. The molecule has 1 aliphatic rings. The van der Waals surface area contributed by atoms with E-state index in [9.17, 15) is 33.6 Å². The predicted molar refractivity (Wildman–Crippen MR) is 133 cm³/mol. The average Bonchev–Trinajstić information content (AvgIpc) is 3.06. The number of anilines is 2. The first-order valence-electron chi connectivity index (χ1n) is 11.7. The molecular formula is C28H23F3N4O3. The molecule has 10 heteroatoms. The molecule has 3 aromatic rings. The zero-order valence-corrected chi connectivity index (χ0v) is 20.5. The molecule has 1 aliphatic heterocycles. The van der Waals surface area contributed by atoms with Crippen molar-refractivity contribution in [2.45, 2.75) is 44.3 Å². The van der Waals surface area contributed by atoms with Crippen LogP contribution < -0.4 is 14.5 Å². The summed E-state index contributed by atoms with van der Waals surface area (Å²) in [5.41, 5.74) is -2.24. The second-order valence-electron chi connectivity index (χ2n) is 9.04. The summed E-state index contributed by atoms with van der Waals surface area (Å²) in [6, 6.07) is 20.5. The van der Waals surface area contributed by atoms with Gasteiger partial charge in [0.1, 0.15) is 5.75 Å². The first-order chi connectivity index (χ1) is 18.0. The summed E-state index contributed by atoms with van der Waals surface area (Å²) in [4.78, 5) is 16.7. The lowest BCUT2D eigenvalue weighted by molar-refractivity contribution is -0.274. The zero-order valence-electron chi connectivity index (χ0n) is 20.5. The molecule has 1 N–H and O–H groups in total. The number of ether oxygens (including phenoxy) is 1. The molecule has 0 aromatic heterocycles. The van der Waals surface area contributed by atoms with Gasteiger partial charge in [0.15, 0.2) is 5.72 Å². The standard InChI is InChI=1S/C28H23F3N4O3/c1-3-15-26(2)27(37,21-5-4-6-24(16-21)38-28(29,30)31)35(23-13-9-20(18-33)10-14-23)25(36)34(26)22-11-7-19(17-32)8-12-22/h4-14,16,37H,3,15H2,1-2H3/t26-,27?/m1/s1. The Hall–Kier alpha value is -4.54. The van der Waals surface area contributed by atoms with Crippen LogP contribution in [0.5, 0.6) is 5.75 Å². The number of nitrogens with zero attached hydrogens (tertiary/aromatic N) is 4. The molecule has 0 aliphatic carbocycles. The summed E-state index contributed by atoms with van der Waals surface area (Å²) in [6.07, 6.45) is -4.19. The highest BCUT2D eigenvalue weighted by Crippen LogP contribution is 2.53. The molecule has 3 aromatic carbocycles. The second-order valence-corrected chi connectivity index (χ2v) is 9.04. The maximum absolute atomic E-state index is 14.2. The minimum Gasteiger partial charge on any atom is -0.406 e. The van der Waals surface area contributed by atoms with Crippen molar-refractivity contribution in [2.24, 2.45) is 0 Å². The number of aliphatic hydroxyl groups is 1. The van der Waals surface area contributed by atoms with E-state index in [1.165, 1.54) is 53.4 Å². The van der Waals surface area contributed by atoms with Gasteiger partial charge in [-0.1, -0.05) is 25.5 Å². The van der Waals surface area contributed by atoms with E-state index in [4.69, 9.17) is 0 Å². The van der Waals surface area contributed by atoms with Crippen LogP contribution in [0.4, 0.5) is 29.3 Å². The van der Waals surface area contributed by atoms with Gasteiger partial charge in [-0.25, -0.2) is 4.79 Å². The van der Waals surface area contributed by atoms with E-state index < -0.39 is 29.4 Å². The van der Waals surface area contributed by atoms with Gasteiger partial charge in [-0.05, 0) is 74.0 Å². The van der Waals surface area contributed by atoms with Crippen molar-refractivity contribution < 1.29 is 27.8 Å². The van der Waals surface area contributed by atoms with Crippen molar-refractivity contribution in [3.05, 3.63) is 89.5 Å². The van der Waals surface area contributed by atoms with Crippen LogP contribution in [-0.2, 0) is 5.72 Å². The fraction of sp³-hybridized carbons (Fsp3) is 0.250. The van der Waals surface area contributed by atoms with Crippen molar-refractivity contribution in [3.63, 3.8) is 0 Å². The maximum atomic E-state index is 14.2. The van der Waals surface area contributed by atoms with Gasteiger partial charge in [0.05, 0.1) is 28.8 Å². The lowest BCUT2D eigenvalue weighted by Gasteiger charge is -2.45. The summed E-state index contributed by atoms with van der Waals surface area (Å²) in [5.74, 6) is -0.550. The number of hydrogen-bond donors (Lipinski definition) is 1. The Labute approximate surface area is 217 Å². The summed E-state index contributed by atoms with van der Waals surface area (Å²) >= 11 is 0. The Kier molecular flexibility index (Phi) is 6.79.